The molecule has 3 aromatic rings. The highest BCUT2D eigenvalue weighted by atomic mass is 79.9. The Morgan fingerprint density at radius 2 is 2.08 bits per heavy atom. The molecule has 1 aliphatic rings. The maximum atomic E-state index is 10.5. The van der Waals surface area contributed by atoms with E-state index in [1.165, 1.54) is 11.8 Å². The Hall–Kier alpha value is -2.26. The van der Waals surface area contributed by atoms with Gasteiger partial charge in [0.05, 0.1) is 10.0 Å². The smallest absolute Gasteiger partial charge is 0.247 e. The molecule has 0 bridgehead atoms. The summed E-state index contributed by atoms with van der Waals surface area (Å²) in [6.45, 7) is 0. The van der Waals surface area contributed by atoms with E-state index in [1.54, 1.807) is 12.1 Å². The van der Waals surface area contributed by atoms with E-state index in [2.05, 4.69) is 36.4 Å². The van der Waals surface area contributed by atoms with Crippen LogP contribution in [0, 0.1) is 0 Å². The minimum Gasteiger partial charge on any atom is -0.506 e. The number of para-hydroxylation sites is 1. The molecule has 9 heteroatoms. The van der Waals surface area contributed by atoms with Crippen LogP contribution in [0.3, 0.4) is 0 Å². The fourth-order valence-corrected chi connectivity index (χ4v) is 3.51. The molecule has 2 aromatic carbocycles. The summed E-state index contributed by atoms with van der Waals surface area (Å²) in [5, 5.41) is 22.7. The summed E-state index contributed by atoms with van der Waals surface area (Å²) < 4.78 is 6.57. The van der Waals surface area contributed by atoms with Gasteiger partial charge in [0.15, 0.2) is 5.69 Å². The van der Waals surface area contributed by atoms with E-state index in [1.807, 2.05) is 30.5 Å². The number of anilines is 1. The predicted molar refractivity (Wildman–Crippen MR) is 105 cm³/mol. The molecule has 6 nitrogen and oxygen atoms in total. The summed E-state index contributed by atoms with van der Waals surface area (Å²) in [4.78, 5) is 4.44. The minimum absolute atomic E-state index is 0.0461. The van der Waals surface area contributed by atoms with Crippen molar-refractivity contribution in [3.8, 4) is 22.9 Å². The number of nitrogens with one attached hydrogen (secondary N) is 1. The fourth-order valence-electron chi connectivity index (χ4n) is 2.72. The number of phenolic OH excluding ortho intramolecular Hbond substituents is 1. The molecule has 0 spiro atoms. The van der Waals surface area contributed by atoms with Crippen LogP contribution in [0.5, 0.6) is 11.6 Å². The molecule has 2 radical (unpaired) electrons. The highest BCUT2D eigenvalue weighted by Crippen LogP contribution is 2.41. The first-order valence-electron chi connectivity index (χ1n) is 7.66. The van der Waals surface area contributed by atoms with E-state index in [0.717, 1.165) is 11.3 Å². The lowest BCUT2D eigenvalue weighted by Crippen LogP contribution is -2.19. The van der Waals surface area contributed by atoms with Gasteiger partial charge in [-0.2, -0.15) is 4.98 Å². The predicted octanol–water partition coefficient (Wildman–Crippen LogP) is 3.03. The Morgan fingerprint density at radius 1 is 1.27 bits per heavy atom. The van der Waals surface area contributed by atoms with E-state index >= 15 is 0 Å². The van der Waals surface area contributed by atoms with Crippen molar-refractivity contribution in [1.29, 1.82) is 0 Å². The van der Waals surface area contributed by atoms with Crippen LogP contribution in [0.1, 0.15) is 11.8 Å². The van der Waals surface area contributed by atoms with Gasteiger partial charge in [0.1, 0.15) is 13.6 Å². The number of phenols is 1. The molecule has 128 valence electrons. The number of hydrogen-bond donors (Lipinski definition) is 2. The average Bonchev–Trinajstić information content (AvgIpc) is 2.80. The molecule has 0 fully saturated rings. The number of benzene rings is 2. The lowest BCUT2D eigenvalue weighted by molar-refractivity contribution is 0.220. The Bertz CT molecular complexity index is 1000. The third kappa shape index (κ3) is 3.01. The third-order valence-electron chi connectivity index (χ3n) is 3.91. The number of nitrogens with zero attached hydrogens (tertiary/aromatic N) is 3. The maximum Gasteiger partial charge on any atom is 0.247 e. The van der Waals surface area contributed by atoms with Gasteiger partial charge in [-0.25, -0.2) is 0 Å². The highest BCUT2D eigenvalue weighted by molar-refractivity contribution is 9.10. The number of thioether (sulfide) groups is 1. The van der Waals surface area contributed by atoms with Crippen LogP contribution in [-0.2, 0) is 0 Å². The molecule has 0 amide bonds. The van der Waals surface area contributed by atoms with Crippen molar-refractivity contribution in [3.63, 3.8) is 0 Å². The number of hydrogen-bond acceptors (Lipinski definition) is 7. The van der Waals surface area contributed by atoms with Gasteiger partial charge in [-0.1, -0.05) is 47.6 Å². The number of halogens is 1. The molecule has 26 heavy (non-hydrogen) atoms. The van der Waals surface area contributed by atoms with Gasteiger partial charge in [-0.15, -0.1) is 10.2 Å². The Balaban J connectivity index is 1.90. The van der Waals surface area contributed by atoms with Crippen molar-refractivity contribution in [3.05, 3.63) is 46.4 Å². The summed E-state index contributed by atoms with van der Waals surface area (Å²) in [5.41, 5.74) is 3.14. The number of fused-ring (bicyclic) bond motifs is 3. The van der Waals surface area contributed by atoms with E-state index in [4.69, 9.17) is 12.6 Å². The fraction of sp³-hybridized carbons (Fsp3) is 0.118. The Labute approximate surface area is 163 Å². The quantitative estimate of drug-likeness (QED) is 0.481. The van der Waals surface area contributed by atoms with Crippen LogP contribution in [-0.4, -0.2) is 34.4 Å². The zero-order valence-corrected chi connectivity index (χ0v) is 16.0. The van der Waals surface area contributed by atoms with Gasteiger partial charge >= 0.3 is 0 Å². The Kier molecular flexibility index (Phi) is 4.50. The number of ether oxygens (including phenoxy) is 1. The first-order valence-corrected chi connectivity index (χ1v) is 9.68. The maximum absolute atomic E-state index is 10.5. The van der Waals surface area contributed by atoms with Gasteiger partial charge in [0.2, 0.25) is 17.3 Å². The van der Waals surface area contributed by atoms with Crippen molar-refractivity contribution in [2.45, 2.75) is 11.4 Å². The zero-order valence-electron chi connectivity index (χ0n) is 13.6. The molecule has 0 saturated carbocycles. The van der Waals surface area contributed by atoms with Crippen molar-refractivity contribution in [2.75, 3.05) is 11.6 Å². The molecular weight excluding hydrogens is 415 g/mol. The topological polar surface area (TPSA) is 80.2 Å². The third-order valence-corrected chi connectivity index (χ3v) is 5.06. The van der Waals surface area contributed by atoms with E-state index in [9.17, 15) is 5.11 Å². The monoisotopic (exact) mass is 426 g/mol. The van der Waals surface area contributed by atoms with Crippen LogP contribution in [0.25, 0.3) is 11.3 Å². The highest BCUT2D eigenvalue weighted by Gasteiger charge is 2.28. The number of aromatic hydroxyl groups is 1. The Morgan fingerprint density at radius 3 is 2.88 bits per heavy atom. The SMILES string of the molecule is [B]c1cc(Br)c(O)c(C2Nc3ccccc3-c3nnc(SC)nc3O2)c1. The van der Waals surface area contributed by atoms with Crippen molar-refractivity contribution < 1.29 is 9.84 Å². The van der Waals surface area contributed by atoms with Gasteiger partial charge in [0.25, 0.3) is 0 Å². The minimum atomic E-state index is -0.705. The van der Waals surface area contributed by atoms with Crippen LogP contribution in [0.15, 0.2) is 46.0 Å². The van der Waals surface area contributed by atoms with Crippen molar-refractivity contribution in [1.82, 2.24) is 15.2 Å². The normalized spacial score (nSPS) is 15.2. The van der Waals surface area contributed by atoms with Gasteiger partial charge < -0.3 is 15.2 Å². The molecule has 2 N–H and O–H groups in total. The summed E-state index contributed by atoms with van der Waals surface area (Å²) in [6, 6.07) is 10.9. The summed E-state index contributed by atoms with van der Waals surface area (Å²) in [7, 11) is 5.94. The summed E-state index contributed by atoms with van der Waals surface area (Å²) in [5.74, 6) is 0.384. The van der Waals surface area contributed by atoms with Crippen LogP contribution >= 0.6 is 27.7 Å². The van der Waals surface area contributed by atoms with Crippen LogP contribution in [0.2, 0.25) is 0 Å². The number of aromatic nitrogens is 3. The van der Waals surface area contributed by atoms with Crippen LogP contribution in [0.4, 0.5) is 5.69 Å². The van der Waals surface area contributed by atoms with E-state index < -0.39 is 6.23 Å². The molecule has 1 unspecified atom stereocenters. The molecule has 4 rings (SSSR count). The average molecular weight is 427 g/mol. The standard InChI is InChI=1S/C17H12BBrN4O2S/c1-26-17-21-16-13(22-23-17)9-4-2-3-5-12(9)20-15(25-16)10-6-8(18)7-11(19)14(10)24/h2-7,15,20,24H,1H3. The molecule has 1 aliphatic heterocycles. The molecule has 0 saturated heterocycles. The first-order chi connectivity index (χ1) is 12.6. The lowest BCUT2D eigenvalue weighted by atomic mass is 9.93. The van der Waals surface area contributed by atoms with Crippen molar-refractivity contribution >= 4 is 46.7 Å². The molecular formula is C17H12BBrN4O2S. The van der Waals surface area contributed by atoms with E-state index in [-0.39, 0.29) is 5.75 Å². The van der Waals surface area contributed by atoms with Crippen LogP contribution < -0.4 is 15.5 Å². The summed E-state index contributed by atoms with van der Waals surface area (Å²) >= 11 is 4.69. The summed E-state index contributed by atoms with van der Waals surface area (Å²) in [6.07, 6.45) is 1.16. The molecule has 2 heterocycles. The van der Waals surface area contributed by atoms with E-state index in [0.29, 0.717) is 32.2 Å². The lowest BCUT2D eigenvalue weighted by Gasteiger charge is -2.21. The molecule has 1 aromatic heterocycles. The van der Waals surface area contributed by atoms with Gasteiger partial charge in [0, 0.05) is 11.3 Å². The largest absolute Gasteiger partial charge is 0.506 e. The van der Waals surface area contributed by atoms with Gasteiger partial charge in [-0.05, 0) is 28.3 Å². The second-order valence-corrected chi connectivity index (χ2v) is 7.21. The van der Waals surface area contributed by atoms with Gasteiger partial charge in [-0.3, -0.25) is 0 Å². The second kappa shape index (κ2) is 6.81. The zero-order chi connectivity index (χ0) is 18.3. The molecule has 0 aliphatic carbocycles. The van der Waals surface area contributed by atoms with Crippen molar-refractivity contribution in [2.24, 2.45) is 0 Å². The number of rotatable bonds is 2. The second-order valence-electron chi connectivity index (χ2n) is 5.58. The first kappa shape index (κ1) is 17.2. The molecule has 1 atom stereocenters.